The molecule has 0 saturated heterocycles. The lowest BCUT2D eigenvalue weighted by Crippen LogP contribution is -2.20. The van der Waals surface area contributed by atoms with Gasteiger partial charge in [-0.15, -0.1) is 0 Å². The van der Waals surface area contributed by atoms with E-state index in [4.69, 9.17) is 5.26 Å². The maximum atomic E-state index is 11.3. The molecule has 0 fully saturated rings. The molecule has 0 aromatic heterocycles. The van der Waals surface area contributed by atoms with Crippen molar-refractivity contribution >= 4 is 17.1 Å². The molecule has 1 aromatic rings. The van der Waals surface area contributed by atoms with Crippen LogP contribution in [0.5, 0.6) is 0 Å². The number of hydrogen-bond donors (Lipinski definition) is 1. The number of nitro groups is 1. The van der Waals surface area contributed by atoms with Crippen molar-refractivity contribution in [1.82, 2.24) is 0 Å². The molecule has 1 rings (SSSR count). The molecule has 0 atom stereocenters. The third-order valence-electron chi connectivity index (χ3n) is 2.73. The van der Waals surface area contributed by atoms with Crippen LogP contribution in [0.15, 0.2) is 18.2 Å². The molecule has 19 heavy (non-hydrogen) atoms. The summed E-state index contributed by atoms with van der Waals surface area (Å²) in [5.74, 6) is 0. The molecule has 0 radical (unpaired) electrons. The monoisotopic (exact) mass is 262 g/mol. The van der Waals surface area contributed by atoms with E-state index in [0.717, 1.165) is 6.42 Å². The number of nitrogens with one attached hydrogen (secondary N) is 1. The van der Waals surface area contributed by atoms with Crippen molar-refractivity contribution in [2.45, 2.75) is 19.8 Å². The molecule has 0 bridgehead atoms. The highest BCUT2D eigenvalue weighted by atomic mass is 16.6. The van der Waals surface area contributed by atoms with Crippen LogP contribution in [0.25, 0.3) is 0 Å². The van der Waals surface area contributed by atoms with E-state index in [2.05, 4.69) is 5.32 Å². The molecule has 1 N–H and O–H groups in total. The Morgan fingerprint density at radius 2 is 2.26 bits per heavy atom. The van der Waals surface area contributed by atoms with Crippen molar-refractivity contribution in [3.63, 3.8) is 0 Å². The fourth-order valence-corrected chi connectivity index (χ4v) is 1.77. The number of nitrogens with zero attached hydrogens (tertiary/aromatic N) is 3. The van der Waals surface area contributed by atoms with E-state index in [1.807, 2.05) is 13.0 Å². The average Bonchev–Trinajstić information content (AvgIpc) is 2.41. The number of nitro benzene ring substituents is 1. The van der Waals surface area contributed by atoms with Gasteiger partial charge < -0.3 is 10.2 Å². The smallest absolute Gasteiger partial charge is 0.315 e. The fraction of sp³-hybridized carbons (Fsp3) is 0.462. The minimum atomic E-state index is -0.379. The summed E-state index contributed by atoms with van der Waals surface area (Å²) < 4.78 is 0. The minimum absolute atomic E-state index is 0.0661. The molecule has 0 aliphatic heterocycles. The van der Waals surface area contributed by atoms with Crippen molar-refractivity contribution in [2.24, 2.45) is 0 Å². The number of rotatable bonds is 7. The predicted octanol–water partition coefficient (Wildman–Crippen LogP) is 2.77. The zero-order chi connectivity index (χ0) is 14.3. The Labute approximate surface area is 112 Å². The van der Waals surface area contributed by atoms with Crippen molar-refractivity contribution in [3.8, 4) is 6.07 Å². The van der Waals surface area contributed by atoms with Crippen LogP contribution in [0.1, 0.15) is 19.8 Å². The summed E-state index contributed by atoms with van der Waals surface area (Å²) in [6, 6.07) is 7.22. The molecule has 0 heterocycles. The number of anilines is 2. The Bertz CT molecular complexity index is 482. The van der Waals surface area contributed by atoms with Crippen LogP contribution < -0.4 is 10.2 Å². The molecule has 102 valence electrons. The van der Waals surface area contributed by atoms with E-state index in [9.17, 15) is 10.1 Å². The second-order valence-electron chi connectivity index (χ2n) is 4.19. The summed E-state index contributed by atoms with van der Waals surface area (Å²) in [6.45, 7) is 3.16. The lowest BCUT2D eigenvalue weighted by atomic mass is 10.2. The van der Waals surface area contributed by atoms with E-state index in [-0.39, 0.29) is 10.6 Å². The number of benzene rings is 1. The van der Waals surface area contributed by atoms with Gasteiger partial charge >= 0.3 is 5.69 Å². The van der Waals surface area contributed by atoms with Gasteiger partial charge in [0.05, 0.1) is 17.4 Å². The first-order valence-corrected chi connectivity index (χ1v) is 6.21. The molecule has 0 amide bonds. The summed E-state index contributed by atoms with van der Waals surface area (Å²) in [4.78, 5) is 12.6. The number of nitriles is 1. The SMILES string of the molecule is CCCNc1cccc(N(C)CCC#N)c1[N+](=O)[O-]. The van der Waals surface area contributed by atoms with Crippen molar-refractivity contribution < 1.29 is 4.92 Å². The Balaban J connectivity index is 3.09. The summed E-state index contributed by atoms with van der Waals surface area (Å²) in [5.41, 5.74) is 1.12. The Morgan fingerprint density at radius 1 is 1.53 bits per heavy atom. The quantitative estimate of drug-likeness (QED) is 0.603. The lowest BCUT2D eigenvalue weighted by Gasteiger charge is -2.19. The lowest BCUT2D eigenvalue weighted by molar-refractivity contribution is -0.383. The molecule has 0 aliphatic rings. The highest BCUT2D eigenvalue weighted by Crippen LogP contribution is 2.34. The zero-order valence-corrected chi connectivity index (χ0v) is 11.2. The molecular formula is C13H18N4O2. The number of para-hydroxylation sites is 1. The van der Waals surface area contributed by atoms with E-state index in [1.54, 1.807) is 30.1 Å². The number of hydrogen-bond acceptors (Lipinski definition) is 5. The van der Waals surface area contributed by atoms with Gasteiger partial charge in [-0.05, 0) is 18.6 Å². The zero-order valence-electron chi connectivity index (χ0n) is 11.2. The van der Waals surface area contributed by atoms with Crippen LogP contribution in [-0.2, 0) is 0 Å². The maximum absolute atomic E-state index is 11.3. The summed E-state index contributed by atoms with van der Waals surface area (Å²) in [5, 5.41) is 22.9. The second kappa shape index (κ2) is 7.21. The summed E-state index contributed by atoms with van der Waals surface area (Å²) >= 11 is 0. The molecule has 6 nitrogen and oxygen atoms in total. The van der Waals surface area contributed by atoms with Crippen LogP contribution in [0.3, 0.4) is 0 Å². The highest BCUT2D eigenvalue weighted by molar-refractivity contribution is 5.76. The minimum Gasteiger partial charge on any atom is -0.379 e. The highest BCUT2D eigenvalue weighted by Gasteiger charge is 2.21. The third-order valence-corrected chi connectivity index (χ3v) is 2.73. The van der Waals surface area contributed by atoms with E-state index < -0.39 is 0 Å². The van der Waals surface area contributed by atoms with Gasteiger partial charge in [0.1, 0.15) is 11.4 Å². The summed E-state index contributed by atoms with van der Waals surface area (Å²) in [6.07, 6.45) is 1.23. The average molecular weight is 262 g/mol. The maximum Gasteiger partial charge on any atom is 0.315 e. The van der Waals surface area contributed by atoms with Crippen LogP contribution in [0.4, 0.5) is 17.1 Å². The van der Waals surface area contributed by atoms with Crippen molar-refractivity contribution in [3.05, 3.63) is 28.3 Å². The van der Waals surface area contributed by atoms with Crippen LogP contribution in [-0.4, -0.2) is 25.1 Å². The first-order chi connectivity index (χ1) is 9.11. The van der Waals surface area contributed by atoms with Gasteiger partial charge in [0.25, 0.3) is 0 Å². The van der Waals surface area contributed by atoms with Crippen molar-refractivity contribution in [2.75, 3.05) is 30.4 Å². The van der Waals surface area contributed by atoms with E-state index >= 15 is 0 Å². The third kappa shape index (κ3) is 3.85. The second-order valence-corrected chi connectivity index (χ2v) is 4.19. The van der Waals surface area contributed by atoms with Crippen LogP contribution in [0.2, 0.25) is 0 Å². The van der Waals surface area contributed by atoms with Gasteiger partial charge in [0, 0.05) is 20.1 Å². The molecule has 0 spiro atoms. The van der Waals surface area contributed by atoms with Gasteiger partial charge in [-0.3, -0.25) is 10.1 Å². The normalized spacial score (nSPS) is 9.74. The molecular weight excluding hydrogens is 244 g/mol. The van der Waals surface area contributed by atoms with Crippen LogP contribution >= 0.6 is 0 Å². The van der Waals surface area contributed by atoms with E-state index in [0.29, 0.717) is 30.9 Å². The molecule has 0 saturated carbocycles. The Kier molecular flexibility index (Phi) is 5.61. The van der Waals surface area contributed by atoms with E-state index in [1.165, 1.54) is 0 Å². The van der Waals surface area contributed by atoms with Gasteiger partial charge in [-0.25, -0.2) is 0 Å². The topological polar surface area (TPSA) is 82.2 Å². The van der Waals surface area contributed by atoms with Gasteiger partial charge in [-0.1, -0.05) is 13.0 Å². The first kappa shape index (κ1) is 14.8. The van der Waals surface area contributed by atoms with Crippen LogP contribution in [0, 0.1) is 21.4 Å². The van der Waals surface area contributed by atoms with Gasteiger partial charge in [0.2, 0.25) is 0 Å². The molecule has 6 heteroatoms. The molecule has 0 aliphatic carbocycles. The fourth-order valence-electron chi connectivity index (χ4n) is 1.77. The Morgan fingerprint density at radius 3 is 2.84 bits per heavy atom. The standard InChI is InChI=1S/C13H18N4O2/c1-3-9-15-11-6-4-7-12(13(11)17(18)19)16(2)10-5-8-14/h4,6-7,15H,3,5,9-10H2,1-2H3. The molecule has 0 unspecified atom stereocenters. The Hall–Kier alpha value is -2.29. The van der Waals surface area contributed by atoms with Crippen molar-refractivity contribution in [1.29, 1.82) is 5.26 Å². The summed E-state index contributed by atoms with van der Waals surface area (Å²) in [7, 11) is 1.75. The largest absolute Gasteiger partial charge is 0.379 e. The van der Waals surface area contributed by atoms with Gasteiger partial charge in [-0.2, -0.15) is 5.26 Å². The van der Waals surface area contributed by atoms with Gasteiger partial charge in [0.15, 0.2) is 0 Å². The molecule has 1 aromatic carbocycles. The predicted molar refractivity (Wildman–Crippen MR) is 75.4 cm³/mol. The first-order valence-electron chi connectivity index (χ1n) is 6.21.